The number of nitrogens with one attached hydrogen (secondary N) is 2. The van der Waals surface area contributed by atoms with Gasteiger partial charge < -0.3 is 11.1 Å². The van der Waals surface area contributed by atoms with Crippen molar-refractivity contribution in [3.8, 4) is 0 Å². The van der Waals surface area contributed by atoms with Gasteiger partial charge in [-0.2, -0.15) is 0 Å². The van der Waals surface area contributed by atoms with Gasteiger partial charge in [-0.1, -0.05) is 6.92 Å². The Hall–Kier alpha value is -2.05. The van der Waals surface area contributed by atoms with Crippen molar-refractivity contribution < 1.29 is 4.79 Å². The van der Waals surface area contributed by atoms with Crippen molar-refractivity contribution in [3.05, 3.63) is 27.0 Å². The monoisotopic (exact) mass is 226 g/mol. The molecule has 1 rings (SSSR count). The Morgan fingerprint density at radius 3 is 2.88 bits per heavy atom. The minimum Gasteiger partial charge on any atom is -0.393 e. The number of rotatable bonds is 4. The van der Waals surface area contributed by atoms with Gasteiger partial charge in [-0.15, -0.1) is 0 Å². The van der Waals surface area contributed by atoms with E-state index in [1.54, 1.807) is 0 Å². The second-order valence-electron chi connectivity index (χ2n) is 3.32. The average molecular weight is 226 g/mol. The van der Waals surface area contributed by atoms with Gasteiger partial charge >= 0.3 is 5.69 Å². The minimum atomic E-state index is -0.647. The van der Waals surface area contributed by atoms with Gasteiger partial charge in [0.2, 0.25) is 5.91 Å². The van der Waals surface area contributed by atoms with Crippen LogP contribution in [0.5, 0.6) is 0 Å². The average Bonchev–Trinajstić information content (AvgIpc) is 2.23. The van der Waals surface area contributed by atoms with Gasteiger partial charge in [0, 0.05) is 12.7 Å². The highest BCUT2D eigenvalue weighted by atomic mass is 16.2. The van der Waals surface area contributed by atoms with Gasteiger partial charge in [-0.3, -0.25) is 19.1 Å². The van der Waals surface area contributed by atoms with Crippen molar-refractivity contribution in [2.24, 2.45) is 0 Å². The summed E-state index contributed by atoms with van der Waals surface area (Å²) in [6, 6.07) is 0. The summed E-state index contributed by atoms with van der Waals surface area (Å²) >= 11 is 0. The van der Waals surface area contributed by atoms with Crippen LogP contribution < -0.4 is 22.3 Å². The molecule has 1 aromatic heterocycles. The summed E-state index contributed by atoms with van der Waals surface area (Å²) in [6.07, 6.45) is 1.97. The number of hydrogen-bond donors (Lipinski definition) is 3. The summed E-state index contributed by atoms with van der Waals surface area (Å²) < 4.78 is 1.06. The van der Waals surface area contributed by atoms with Crippen LogP contribution in [0.4, 0.5) is 5.69 Å². The Bertz CT molecular complexity index is 488. The number of nitrogens with two attached hydrogens (primary N) is 1. The van der Waals surface area contributed by atoms with Crippen LogP contribution in [-0.4, -0.2) is 22.0 Å². The SMILES string of the molecule is CCCNC(=O)Cn1cc(N)c(=O)[nH]c1=O. The van der Waals surface area contributed by atoms with E-state index in [2.05, 4.69) is 5.32 Å². The zero-order valence-electron chi connectivity index (χ0n) is 8.95. The number of amides is 1. The third-order valence-electron chi connectivity index (χ3n) is 1.92. The van der Waals surface area contributed by atoms with Gasteiger partial charge in [0.1, 0.15) is 12.2 Å². The molecule has 0 aliphatic carbocycles. The summed E-state index contributed by atoms with van der Waals surface area (Å²) in [6.45, 7) is 2.32. The maximum atomic E-state index is 11.3. The number of nitrogen functional groups attached to an aromatic ring is 1. The quantitative estimate of drug-likeness (QED) is 0.589. The Kier molecular flexibility index (Phi) is 3.87. The summed E-state index contributed by atoms with van der Waals surface area (Å²) in [5.41, 5.74) is 3.94. The fourth-order valence-corrected chi connectivity index (χ4v) is 1.12. The molecule has 0 saturated carbocycles. The van der Waals surface area contributed by atoms with E-state index in [-0.39, 0.29) is 18.1 Å². The predicted molar refractivity (Wildman–Crippen MR) is 59.0 cm³/mol. The topological polar surface area (TPSA) is 110 Å². The molecule has 0 aliphatic rings. The van der Waals surface area contributed by atoms with Gasteiger partial charge in [0.15, 0.2) is 0 Å². The highest BCUT2D eigenvalue weighted by molar-refractivity contribution is 5.75. The molecule has 7 heteroatoms. The van der Waals surface area contributed by atoms with Crippen LogP contribution in [0.3, 0.4) is 0 Å². The van der Waals surface area contributed by atoms with Gasteiger partial charge in [-0.25, -0.2) is 4.79 Å². The molecule has 0 spiro atoms. The lowest BCUT2D eigenvalue weighted by atomic mass is 10.4. The van der Waals surface area contributed by atoms with E-state index in [0.29, 0.717) is 6.54 Å². The third kappa shape index (κ3) is 2.97. The van der Waals surface area contributed by atoms with Crippen LogP contribution in [0.15, 0.2) is 15.8 Å². The molecule has 1 amide bonds. The molecule has 88 valence electrons. The van der Waals surface area contributed by atoms with Crippen molar-refractivity contribution in [2.75, 3.05) is 12.3 Å². The molecular weight excluding hydrogens is 212 g/mol. The number of carbonyl (C=O) groups excluding carboxylic acids is 1. The Morgan fingerprint density at radius 2 is 2.25 bits per heavy atom. The lowest BCUT2D eigenvalue weighted by Gasteiger charge is -2.06. The molecule has 7 nitrogen and oxygen atoms in total. The summed E-state index contributed by atoms with van der Waals surface area (Å²) in [7, 11) is 0. The smallest absolute Gasteiger partial charge is 0.328 e. The van der Waals surface area contributed by atoms with E-state index in [0.717, 1.165) is 17.2 Å². The van der Waals surface area contributed by atoms with E-state index in [4.69, 9.17) is 5.73 Å². The van der Waals surface area contributed by atoms with E-state index in [1.165, 1.54) is 0 Å². The Balaban J connectivity index is 2.82. The molecule has 0 atom stereocenters. The van der Waals surface area contributed by atoms with Crippen LogP contribution in [0.2, 0.25) is 0 Å². The molecule has 1 aromatic rings. The standard InChI is InChI=1S/C9H14N4O3/c1-2-3-11-7(14)5-13-4-6(10)8(15)12-9(13)16/h4H,2-3,5,10H2,1H3,(H,11,14)(H,12,15,16). The number of H-pyrrole nitrogens is 1. The molecule has 16 heavy (non-hydrogen) atoms. The minimum absolute atomic E-state index is 0.0945. The van der Waals surface area contributed by atoms with Crippen LogP contribution in [0.1, 0.15) is 13.3 Å². The number of hydrogen-bond acceptors (Lipinski definition) is 4. The van der Waals surface area contributed by atoms with Crippen LogP contribution in [0.25, 0.3) is 0 Å². The molecule has 4 N–H and O–H groups in total. The largest absolute Gasteiger partial charge is 0.393 e. The van der Waals surface area contributed by atoms with E-state index in [1.807, 2.05) is 11.9 Å². The van der Waals surface area contributed by atoms with Crippen molar-refractivity contribution in [1.82, 2.24) is 14.9 Å². The highest BCUT2D eigenvalue weighted by Gasteiger charge is 2.05. The first-order chi connectivity index (χ1) is 7.54. The Morgan fingerprint density at radius 1 is 1.56 bits per heavy atom. The zero-order valence-corrected chi connectivity index (χ0v) is 8.95. The fourth-order valence-electron chi connectivity index (χ4n) is 1.12. The molecule has 0 fully saturated rings. The van der Waals surface area contributed by atoms with Crippen molar-refractivity contribution in [1.29, 1.82) is 0 Å². The summed E-state index contributed by atoms with van der Waals surface area (Å²) in [5, 5.41) is 2.61. The van der Waals surface area contributed by atoms with E-state index < -0.39 is 11.2 Å². The molecule has 0 unspecified atom stereocenters. The normalized spacial score (nSPS) is 10.1. The second kappa shape index (κ2) is 5.15. The molecule has 0 aromatic carbocycles. The first-order valence-corrected chi connectivity index (χ1v) is 4.90. The molecule has 1 heterocycles. The van der Waals surface area contributed by atoms with Gasteiger partial charge in [0.25, 0.3) is 5.56 Å². The molecule has 0 saturated heterocycles. The molecular formula is C9H14N4O3. The molecule has 0 aliphatic heterocycles. The third-order valence-corrected chi connectivity index (χ3v) is 1.92. The lowest BCUT2D eigenvalue weighted by Crippen LogP contribution is -2.36. The fraction of sp³-hybridized carbons (Fsp3) is 0.444. The predicted octanol–water partition coefficient (Wildman–Crippen LogP) is -1.35. The van der Waals surface area contributed by atoms with Crippen LogP contribution in [0, 0.1) is 0 Å². The van der Waals surface area contributed by atoms with E-state index in [9.17, 15) is 14.4 Å². The maximum absolute atomic E-state index is 11.3. The van der Waals surface area contributed by atoms with Crippen LogP contribution in [-0.2, 0) is 11.3 Å². The number of carbonyl (C=O) groups is 1. The summed E-state index contributed by atoms with van der Waals surface area (Å²) in [4.78, 5) is 35.6. The number of aromatic nitrogens is 2. The highest BCUT2D eigenvalue weighted by Crippen LogP contribution is 1.87. The first kappa shape index (κ1) is 12.0. The Labute approximate surface area is 91.3 Å². The van der Waals surface area contributed by atoms with Gasteiger partial charge in [-0.05, 0) is 6.42 Å². The number of aromatic amines is 1. The van der Waals surface area contributed by atoms with E-state index >= 15 is 0 Å². The first-order valence-electron chi connectivity index (χ1n) is 4.90. The van der Waals surface area contributed by atoms with Crippen molar-refractivity contribution in [2.45, 2.75) is 19.9 Å². The van der Waals surface area contributed by atoms with Crippen molar-refractivity contribution in [3.63, 3.8) is 0 Å². The number of anilines is 1. The zero-order chi connectivity index (χ0) is 12.1. The van der Waals surface area contributed by atoms with Crippen LogP contribution >= 0.6 is 0 Å². The maximum Gasteiger partial charge on any atom is 0.328 e. The molecule has 0 bridgehead atoms. The second-order valence-corrected chi connectivity index (χ2v) is 3.32. The van der Waals surface area contributed by atoms with Crippen molar-refractivity contribution >= 4 is 11.6 Å². The van der Waals surface area contributed by atoms with Gasteiger partial charge in [0.05, 0.1) is 0 Å². The number of nitrogens with zero attached hydrogens (tertiary/aromatic N) is 1. The molecule has 0 radical (unpaired) electrons. The lowest BCUT2D eigenvalue weighted by molar-refractivity contribution is -0.121. The summed E-state index contributed by atoms with van der Waals surface area (Å²) in [5.74, 6) is -0.296.